The second-order valence-corrected chi connectivity index (χ2v) is 7.83. The fourth-order valence-corrected chi connectivity index (χ4v) is 4.39. The standard InChI is InChI=1S/C21H18F3N3OS/c22-21(23,24)20-26-17-10-4-3-9-15(17)19(27-20)29-12-18(28)25-16-11-5-7-13-6-1-2-8-14(13)16/h1-4,6,8-10,16H,5,7,11-12H2,(H,25,28)/t16-/m0/s1. The summed E-state index contributed by atoms with van der Waals surface area (Å²) in [5, 5.41) is 3.67. The van der Waals surface area contributed by atoms with Gasteiger partial charge in [-0.25, -0.2) is 9.97 Å². The van der Waals surface area contributed by atoms with E-state index in [1.54, 1.807) is 18.2 Å². The van der Waals surface area contributed by atoms with Crippen LogP contribution in [0, 0.1) is 0 Å². The molecule has 1 N–H and O–H groups in total. The van der Waals surface area contributed by atoms with Gasteiger partial charge >= 0.3 is 6.18 Å². The summed E-state index contributed by atoms with van der Waals surface area (Å²) in [7, 11) is 0. The zero-order chi connectivity index (χ0) is 20.4. The molecule has 0 saturated carbocycles. The number of fused-ring (bicyclic) bond motifs is 2. The third kappa shape index (κ3) is 4.37. The Balaban J connectivity index is 1.51. The van der Waals surface area contributed by atoms with Crippen LogP contribution in [0.3, 0.4) is 0 Å². The molecule has 0 aliphatic heterocycles. The molecule has 4 nitrogen and oxygen atoms in total. The number of para-hydroxylation sites is 1. The van der Waals surface area contributed by atoms with Crippen molar-refractivity contribution in [2.75, 3.05) is 5.75 Å². The van der Waals surface area contributed by atoms with E-state index >= 15 is 0 Å². The first-order valence-electron chi connectivity index (χ1n) is 9.26. The molecule has 8 heteroatoms. The van der Waals surface area contributed by atoms with Crippen molar-refractivity contribution >= 4 is 28.6 Å². The van der Waals surface area contributed by atoms with Crippen molar-refractivity contribution < 1.29 is 18.0 Å². The van der Waals surface area contributed by atoms with Crippen molar-refractivity contribution in [2.24, 2.45) is 0 Å². The topological polar surface area (TPSA) is 54.9 Å². The molecule has 0 unspecified atom stereocenters. The first kappa shape index (κ1) is 19.7. The number of benzene rings is 2. The lowest BCUT2D eigenvalue weighted by molar-refractivity contribution is -0.145. The zero-order valence-corrected chi connectivity index (χ0v) is 16.2. The van der Waals surface area contributed by atoms with Gasteiger partial charge in [0.15, 0.2) is 0 Å². The van der Waals surface area contributed by atoms with Crippen LogP contribution in [0.5, 0.6) is 0 Å². The zero-order valence-electron chi connectivity index (χ0n) is 15.4. The van der Waals surface area contributed by atoms with E-state index in [0.29, 0.717) is 5.39 Å². The van der Waals surface area contributed by atoms with E-state index in [1.807, 2.05) is 18.2 Å². The van der Waals surface area contributed by atoms with Crippen LogP contribution >= 0.6 is 11.8 Å². The molecule has 1 aliphatic carbocycles. The molecule has 3 aromatic rings. The van der Waals surface area contributed by atoms with Crippen LogP contribution in [-0.2, 0) is 17.4 Å². The summed E-state index contributed by atoms with van der Waals surface area (Å²) in [4.78, 5) is 19.8. The van der Waals surface area contributed by atoms with E-state index in [-0.39, 0.29) is 28.2 Å². The Hall–Kier alpha value is -2.61. The Kier molecular flexibility index (Phi) is 5.45. The third-order valence-electron chi connectivity index (χ3n) is 4.87. The number of carbonyl (C=O) groups excluding carboxylic acids is 1. The van der Waals surface area contributed by atoms with Crippen molar-refractivity contribution in [1.29, 1.82) is 0 Å². The van der Waals surface area contributed by atoms with Gasteiger partial charge in [-0.2, -0.15) is 13.2 Å². The number of hydrogen-bond acceptors (Lipinski definition) is 4. The van der Waals surface area contributed by atoms with E-state index in [9.17, 15) is 18.0 Å². The highest BCUT2D eigenvalue weighted by molar-refractivity contribution is 8.00. The Morgan fingerprint density at radius 3 is 2.69 bits per heavy atom. The lowest BCUT2D eigenvalue weighted by atomic mass is 9.88. The van der Waals surface area contributed by atoms with Gasteiger partial charge in [-0.15, -0.1) is 0 Å². The maximum absolute atomic E-state index is 13.1. The van der Waals surface area contributed by atoms with E-state index in [4.69, 9.17) is 0 Å². The first-order chi connectivity index (χ1) is 13.9. The summed E-state index contributed by atoms with van der Waals surface area (Å²) < 4.78 is 39.4. The van der Waals surface area contributed by atoms with Gasteiger partial charge in [0, 0.05) is 5.39 Å². The minimum Gasteiger partial charge on any atom is -0.349 e. The van der Waals surface area contributed by atoms with E-state index in [1.165, 1.54) is 11.6 Å². The predicted octanol–water partition coefficient (Wildman–Crippen LogP) is 4.93. The second kappa shape index (κ2) is 8.02. The number of amides is 1. The molecule has 1 atom stereocenters. The lowest BCUT2D eigenvalue weighted by Crippen LogP contribution is -2.32. The molecule has 1 heterocycles. The highest BCUT2D eigenvalue weighted by atomic mass is 32.2. The Labute approximate surface area is 169 Å². The first-order valence-corrected chi connectivity index (χ1v) is 10.2. The fourth-order valence-electron chi connectivity index (χ4n) is 3.56. The summed E-state index contributed by atoms with van der Waals surface area (Å²) in [5.41, 5.74) is 2.55. The number of rotatable bonds is 4. The summed E-state index contributed by atoms with van der Waals surface area (Å²) >= 11 is 0.995. The number of carbonyl (C=O) groups is 1. The van der Waals surface area contributed by atoms with Gasteiger partial charge in [0.25, 0.3) is 0 Å². The van der Waals surface area contributed by atoms with Crippen LogP contribution in [0.2, 0.25) is 0 Å². The third-order valence-corrected chi connectivity index (χ3v) is 5.86. The van der Waals surface area contributed by atoms with E-state index < -0.39 is 12.0 Å². The van der Waals surface area contributed by atoms with Crippen molar-refractivity contribution in [3.63, 3.8) is 0 Å². The minimum absolute atomic E-state index is 0.0169. The quantitative estimate of drug-likeness (QED) is 0.483. The molecule has 2 aromatic carbocycles. The number of hydrogen-bond donors (Lipinski definition) is 1. The fraction of sp³-hybridized carbons (Fsp3) is 0.286. The highest BCUT2D eigenvalue weighted by Crippen LogP contribution is 2.33. The van der Waals surface area contributed by atoms with Gasteiger partial charge in [0.05, 0.1) is 17.3 Å². The average molecular weight is 417 g/mol. The number of alkyl halides is 3. The highest BCUT2D eigenvalue weighted by Gasteiger charge is 2.35. The average Bonchev–Trinajstić information content (AvgIpc) is 2.71. The number of nitrogens with zero attached hydrogens (tertiary/aromatic N) is 2. The van der Waals surface area contributed by atoms with Crippen molar-refractivity contribution in [3.05, 3.63) is 65.5 Å². The Morgan fingerprint density at radius 2 is 1.86 bits per heavy atom. The Morgan fingerprint density at radius 1 is 1.10 bits per heavy atom. The largest absolute Gasteiger partial charge is 0.451 e. The molecule has 1 amide bonds. The van der Waals surface area contributed by atoms with Gasteiger partial charge in [-0.3, -0.25) is 4.79 Å². The molecule has 0 radical (unpaired) electrons. The van der Waals surface area contributed by atoms with Gasteiger partial charge < -0.3 is 5.32 Å². The predicted molar refractivity (Wildman–Crippen MR) is 106 cm³/mol. The van der Waals surface area contributed by atoms with Crippen molar-refractivity contribution in [3.8, 4) is 0 Å². The van der Waals surface area contributed by atoms with Gasteiger partial charge in [0.2, 0.25) is 11.7 Å². The molecule has 0 fully saturated rings. The summed E-state index contributed by atoms with van der Waals surface area (Å²) in [6, 6.07) is 14.4. The van der Waals surface area contributed by atoms with Crippen LogP contribution in [0.4, 0.5) is 13.2 Å². The summed E-state index contributed by atoms with van der Waals surface area (Å²) in [5.74, 6) is -1.44. The lowest BCUT2D eigenvalue weighted by Gasteiger charge is -2.26. The van der Waals surface area contributed by atoms with Crippen molar-refractivity contribution in [1.82, 2.24) is 15.3 Å². The van der Waals surface area contributed by atoms with Crippen LogP contribution in [0.25, 0.3) is 10.9 Å². The number of aryl methyl sites for hydroxylation is 1. The van der Waals surface area contributed by atoms with Gasteiger partial charge in [0.1, 0.15) is 5.03 Å². The van der Waals surface area contributed by atoms with Gasteiger partial charge in [-0.05, 0) is 36.5 Å². The molecule has 150 valence electrons. The molecular formula is C21H18F3N3OS. The van der Waals surface area contributed by atoms with Gasteiger partial charge in [-0.1, -0.05) is 54.2 Å². The number of nitrogens with one attached hydrogen (secondary N) is 1. The van der Waals surface area contributed by atoms with Crippen LogP contribution in [-0.4, -0.2) is 21.6 Å². The van der Waals surface area contributed by atoms with Crippen LogP contribution < -0.4 is 5.32 Å². The van der Waals surface area contributed by atoms with Crippen LogP contribution in [0.15, 0.2) is 53.6 Å². The maximum Gasteiger partial charge on any atom is 0.451 e. The molecule has 29 heavy (non-hydrogen) atoms. The number of aromatic nitrogens is 2. The molecule has 0 bridgehead atoms. The Bertz CT molecular complexity index is 1050. The number of halogens is 3. The molecule has 1 aromatic heterocycles. The monoisotopic (exact) mass is 417 g/mol. The molecule has 4 rings (SSSR count). The molecule has 1 aliphatic rings. The number of thioether (sulfide) groups is 1. The second-order valence-electron chi connectivity index (χ2n) is 6.87. The smallest absolute Gasteiger partial charge is 0.349 e. The maximum atomic E-state index is 13.1. The van der Waals surface area contributed by atoms with Crippen molar-refractivity contribution in [2.45, 2.75) is 36.5 Å². The molecular weight excluding hydrogens is 399 g/mol. The van der Waals surface area contributed by atoms with E-state index in [0.717, 1.165) is 36.6 Å². The molecule has 0 spiro atoms. The molecule has 0 saturated heterocycles. The van der Waals surface area contributed by atoms with E-state index in [2.05, 4.69) is 21.4 Å². The summed E-state index contributed by atoms with van der Waals surface area (Å²) in [6.45, 7) is 0. The van der Waals surface area contributed by atoms with Crippen LogP contribution in [0.1, 0.15) is 35.8 Å². The SMILES string of the molecule is O=C(CSc1nc(C(F)(F)F)nc2ccccc12)N[C@H]1CCCc2ccccc21. The summed E-state index contributed by atoms with van der Waals surface area (Å²) in [6.07, 6.45) is -1.82. The normalized spacial score (nSPS) is 16.4. The minimum atomic E-state index is -4.65.